The molecule has 0 atom stereocenters. The third kappa shape index (κ3) is 3.15. The highest BCUT2D eigenvalue weighted by Crippen LogP contribution is 2.60. The molecular formula is C24H32N2O4. The molecule has 0 N–H and O–H groups in total. The van der Waals surface area contributed by atoms with Crippen molar-refractivity contribution < 1.29 is 19.1 Å². The number of hydrogen-bond acceptors (Lipinski definition) is 4. The molecule has 1 saturated heterocycles. The molecule has 0 radical (unpaired) electrons. The Morgan fingerprint density at radius 1 is 0.833 bits per heavy atom. The van der Waals surface area contributed by atoms with Gasteiger partial charge in [0.25, 0.3) is 5.91 Å². The van der Waals surface area contributed by atoms with Gasteiger partial charge in [-0.1, -0.05) is 6.07 Å². The Morgan fingerprint density at radius 2 is 1.30 bits per heavy atom. The second kappa shape index (κ2) is 7.47. The van der Waals surface area contributed by atoms with Crippen molar-refractivity contribution in [2.75, 3.05) is 40.4 Å². The zero-order chi connectivity index (χ0) is 20.9. The molecule has 1 aliphatic heterocycles. The number of ether oxygens (including phenoxy) is 2. The van der Waals surface area contributed by atoms with Crippen LogP contribution in [0.1, 0.15) is 48.9 Å². The maximum absolute atomic E-state index is 13.6. The fraction of sp³-hybridized carbons (Fsp3) is 0.667. The van der Waals surface area contributed by atoms with Crippen LogP contribution in [0.2, 0.25) is 0 Å². The first-order valence-corrected chi connectivity index (χ1v) is 11.3. The van der Waals surface area contributed by atoms with E-state index in [-0.39, 0.29) is 11.3 Å². The molecule has 2 amide bonds. The zero-order valence-electron chi connectivity index (χ0n) is 18.1. The standard InChI is InChI=1S/C24H32N2O4/c1-29-19-4-3-5-20(30-2)21(19)22(27)25-6-8-26(9-7-25)23(28)24-13-16-10-17(14-24)12-18(11-16)15-24/h3-5,16-18H,6-15H2,1-2H3. The largest absolute Gasteiger partial charge is 0.496 e. The minimum atomic E-state index is -0.104. The summed E-state index contributed by atoms with van der Waals surface area (Å²) in [5.74, 6) is 3.61. The van der Waals surface area contributed by atoms with E-state index in [0.717, 1.165) is 37.0 Å². The molecule has 5 aliphatic rings. The van der Waals surface area contributed by atoms with Crippen LogP contribution in [0.4, 0.5) is 0 Å². The minimum Gasteiger partial charge on any atom is -0.496 e. The van der Waals surface area contributed by atoms with Gasteiger partial charge in [0.05, 0.1) is 19.6 Å². The molecule has 30 heavy (non-hydrogen) atoms. The Balaban J connectivity index is 1.27. The van der Waals surface area contributed by atoms with Gasteiger partial charge in [-0.2, -0.15) is 0 Å². The van der Waals surface area contributed by atoms with Gasteiger partial charge in [-0.15, -0.1) is 0 Å². The highest BCUT2D eigenvalue weighted by molar-refractivity contribution is 6.00. The van der Waals surface area contributed by atoms with E-state index in [2.05, 4.69) is 0 Å². The fourth-order valence-corrected chi connectivity index (χ4v) is 7.04. The molecule has 6 rings (SSSR count). The quantitative estimate of drug-likeness (QED) is 0.762. The summed E-state index contributed by atoms with van der Waals surface area (Å²) < 4.78 is 10.8. The number of nitrogens with zero attached hydrogens (tertiary/aromatic N) is 2. The van der Waals surface area contributed by atoms with Crippen LogP contribution in [-0.4, -0.2) is 62.0 Å². The third-order valence-electron chi connectivity index (χ3n) is 7.99. The van der Waals surface area contributed by atoms with Crippen molar-refractivity contribution in [1.82, 2.24) is 9.80 Å². The van der Waals surface area contributed by atoms with Crippen LogP contribution in [0.3, 0.4) is 0 Å². The molecular weight excluding hydrogens is 380 g/mol. The Morgan fingerprint density at radius 3 is 1.77 bits per heavy atom. The van der Waals surface area contributed by atoms with Crippen molar-refractivity contribution in [3.63, 3.8) is 0 Å². The topological polar surface area (TPSA) is 59.1 Å². The van der Waals surface area contributed by atoms with Crippen LogP contribution < -0.4 is 9.47 Å². The second-order valence-electron chi connectivity index (χ2n) is 9.82. The summed E-state index contributed by atoms with van der Waals surface area (Å²) in [7, 11) is 3.13. The average molecular weight is 413 g/mol. The fourth-order valence-electron chi connectivity index (χ4n) is 7.04. The molecule has 1 heterocycles. The van der Waals surface area contributed by atoms with Crippen LogP contribution in [-0.2, 0) is 4.79 Å². The summed E-state index contributed by atoms with van der Waals surface area (Å²) in [4.78, 5) is 30.7. The Kier molecular flexibility index (Phi) is 4.91. The molecule has 4 aliphatic carbocycles. The first-order valence-electron chi connectivity index (χ1n) is 11.3. The third-order valence-corrected chi connectivity index (χ3v) is 7.99. The van der Waals surface area contributed by atoms with Gasteiger partial charge in [0.15, 0.2) is 0 Å². The van der Waals surface area contributed by atoms with E-state index in [1.54, 1.807) is 26.4 Å². The zero-order valence-corrected chi connectivity index (χ0v) is 18.1. The van der Waals surface area contributed by atoms with Crippen molar-refractivity contribution in [3.05, 3.63) is 23.8 Å². The van der Waals surface area contributed by atoms with E-state index in [9.17, 15) is 9.59 Å². The molecule has 0 spiro atoms. The number of carbonyl (C=O) groups excluding carboxylic acids is 2. The normalized spacial score (nSPS) is 32.3. The van der Waals surface area contributed by atoms with Gasteiger partial charge in [0.1, 0.15) is 17.1 Å². The number of rotatable bonds is 4. The molecule has 6 nitrogen and oxygen atoms in total. The van der Waals surface area contributed by atoms with Gasteiger partial charge in [-0.25, -0.2) is 0 Å². The van der Waals surface area contributed by atoms with Gasteiger partial charge >= 0.3 is 0 Å². The smallest absolute Gasteiger partial charge is 0.261 e. The molecule has 0 aromatic heterocycles. The molecule has 0 unspecified atom stereocenters. The second-order valence-corrected chi connectivity index (χ2v) is 9.82. The van der Waals surface area contributed by atoms with E-state index in [0.29, 0.717) is 49.1 Å². The SMILES string of the molecule is COc1cccc(OC)c1C(=O)N1CCN(C(=O)C23CC4CC(CC(C4)C2)C3)CC1. The molecule has 4 bridgehead atoms. The maximum Gasteiger partial charge on any atom is 0.261 e. The summed E-state index contributed by atoms with van der Waals surface area (Å²) in [6.07, 6.45) is 7.31. The lowest BCUT2D eigenvalue weighted by Crippen LogP contribution is -2.58. The number of carbonyl (C=O) groups is 2. The molecule has 5 fully saturated rings. The van der Waals surface area contributed by atoms with Crippen molar-refractivity contribution in [2.45, 2.75) is 38.5 Å². The van der Waals surface area contributed by atoms with Gasteiger partial charge in [-0.3, -0.25) is 9.59 Å². The number of methoxy groups -OCH3 is 2. The lowest BCUT2D eigenvalue weighted by molar-refractivity contribution is -0.159. The molecule has 1 aromatic carbocycles. The summed E-state index contributed by atoms with van der Waals surface area (Å²) >= 11 is 0. The van der Waals surface area contributed by atoms with E-state index in [1.807, 2.05) is 15.9 Å². The highest BCUT2D eigenvalue weighted by atomic mass is 16.5. The number of amides is 2. The minimum absolute atomic E-state index is 0.0915. The Bertz CT molecular complexity index is 786. The average Bonchev–Trinajstić information content (AvgIpc) is 2.76. The molecule has 6 heteroatoms. The van der Waals surface area contributed by atoms with Crippen molar-refractivity contribution in [1.29, 1.82) is 0 Å². The summed E-state index contributed by atoms with van der Waals surface area (Å²) in [5.41, 5.74) is 0.357. The van der Waals surface area contributed by atoms with Gasteiger partial charge < -0.3 is 19.3 Å². The summed E-state index contributed by atoms with van der Waals surface area (Å²) in [5, 5.41) is 0. The van der Waals surface area contributed by atoms with Crippen LogP contribution in [0.5, 0.6) is 11.5 Å². The first kappa shape index (κ1) is 19.7. The molecule has 4 saturated carbocycles. The highest BCUT2D eigenvalue weighted by Gasteiger charge is 2.55. The van der Waals surface area contributed by atoms with Gasteiger partial charge in [-0.05, 0) is 68.4 Å². The lowest BCUT2D eigenvalue weighted by Gasteiger charge is -2.57. The number of benzene rings is 1. The van der Waals surface area contributed by atoms with Crippen molar-refractivity contribution in [2.24, 2.45) is 23.2 Å². The maximum atomic E-state index is 13.6. The Labute approximate surface area is 178 Å². The van der Waals surface area contributed by atoms with Crippen LogP contribution in [0.25, 0.3) is 0 Å². The summed E-state index contributed by atoms with van der Waals surface area (Å²) in [6, 6.07) is 5.38. The predicted octanol–water partition coefficient (Wildman–Crippen LogP) is 3.20. The van der Waals surface area contributed by atoms with Gasteiger partial charge in [0, 0.05) is 26.2 Å². The van der Waals surface area contributed by atoms with E-state index < -0.39 is 0 Å². The van der Waals surface area contributed by atoms with E-state index in [1.165, 1.54) is 19.3 Å². The van der Waals surface area contributed by atoms with E-state index >= 15 is 0 Å². The van der Waals surface area contributed by atoms with Crippen LogP contribution in [0, 0.1) is 23.2 Å². The monoisotopic (exact) mass is 412 g/mol. The van der Waals surface area contributed by atoms with Gasteiger partial charge in [0.2, 0.25) is 5.91 Å². The van der Waals surface area contributed by atoms with E-state index in [4.69, 9.17) is 9.47 Å². The first-order chi connectivity index (χ1) is 14.5. The van der Waals surface area contributed by atoms with Crippen LogP contribution >= 0.6 is 0 Å². The molecule has 162 valence electrons. The van der Waals surface area contributed by atoms with Crippen molar-refractivity contribution >= 4 is 11.8 Å². The van der Waals surface area contributed by atoms with Crippen LogP contribution in [0.15, 0.2) is 18.2 Å². The van der Waals surface area contributed by atoms with Crippen molar-refractivity contribution in [3.8, 4) is 11.5 Å². The molecule has 1 aromatic rings. The summed E-state index contributed by atoms with van der Waals surface area (Å²) in [6.45, 7) is 2.34. The predicted molar refractivity (Wildman–Crippen MR) is 113 cm³/mol. The number of hydrogen-bond donors (Lipinski definition) is 0. The Hall–Kier alpha value is -2.24. The lowest BCUT2D eigenvalue weighted by atomic mass is 9.49. The number of piperazine rings is 1.